The maximum absolute atomic E-state index is 7.62. The van der Waals surface area contributed by atoms with Gasteiger partial charge in [-0.3, -0.25) is 0 Å². The van der Waals surface area contributed by atoms with E-state index in [1.54, 1.807) is 0 Å². The molecule has 4 heterocycles. The first-order valence-corrected chi connectivity index (χ1v) is 25.3. The summed E-state index contributed by atoms with van der Waals surface area (Å²) in [5, 5.41) is 7.52. The van der Waals surface area contributed by atoms with Gasteiger partial charge in [0.15, 0.2) is 5.69 Å². The van der Waals surface area contributed by atoms with E-state index < -0.39 is 0 Å². The Morgan fingerprint density at radius 1 is 0.347 bits per heavy atom. The molecule has 1 fully saturated rings. The minimum atomic E-state index is -0.336. The molecule has 6 nitrogen and oxygen atoms in total. The zero-order chi connectivity index (χ0) is 50.1. The molecule has 8 heteroatoms. The zero-order valence-corrected chi connectivity index (χ0v) is 42.3. The molecule has 0 bridgehead atoms. The van der Waals surface area contributed by atoms with Crippen LogP contribution in [0.15, 0.2) is 237 Å². The predicted molar refractivity (Wildman–Crippen MR) is 315 cm³/mol. The van der Waals surface area contributed by atoms with E-state index in [-0.39, 0.29) is 26.7 Å². The summed E-state index contributed by atoms with van der Waals surface area (Å²) in [4.78, 5) is 3.71. The number of rotatable bonds is 6. The van der Waals surface area contributed by atoms with E-state index in [0.717, 1.165) is 44.8 Å². The molecule has 0 N–H and O–H groups in total. The Kier molecular flexibility index (Phi) is 11.7. The van der Waals surface area contributed by atoms with Gasteiger partial charge in [-0.15, -0.1) is 0 Å². The molecule has 0 unspecified atom stereocenters. The van der Waals surface area contributed by atoms with Crippen LogP contribution in [-0.2, 0) is 9.31 Å². The summed E-state index contributed by atoms with van der Waals surface area (Å²) in [5.74, 6) is 0. The van der Waals surface area contributed by atoms with E-state index in [1.165, 1.54) is 65.4 Å². The lowest BCUT2D eigenvalue weighted by molar-refractivity contribution is 0.00578. The first kappa shape index (κ1) is 47.2. The summed E-state index contributed by atoms with van der Waals surface area (Å²) in [6.45, 7) is 15.9. The number of hydrogen-bond acceptors (Lipinski definition) is 2. The first-order valence-electron chi connectivity index (χ1n) is 25.3. The van der Waals surface area contributed by atoms with Crippen LogP contribution in [0.25, 0.3) is 110 Å². The fourth-order valence-electron chi connectivity index (χ4n) is 11.0. The minimum absolute atomic E-state index is 0. The van der Waals surface area contributed by atoms with Gasteiger partial charge in [-0.1, -0.05) is 152 Å². The smallest absolute Gasteiger partial charge is 0.399 e. The van der Waals surface area contributed by atoms with Crippen molar-refractivity contribution in [2.24, 2.45) is 0 Å². The lowest BCUT2D eigenvalue weighted by atomic mass is 9.79. The van der Waals surface area contributed by atoms with Gasteiger partial charge in [-0.05, 0) is 140 Å². The summed E-state index contributed by atoms with van der Waals surface area (Å²) >= 11 is 0. The van der Waals surface area contributed by atoms with Crippen LogP contribution in [0.3, 0.4) is 0 Å². The molecule has 0 aliphatic carbocycles. The van der Waals surface area contributed by atoms with Crippen LogP contribution in [0.1, 0.15) is 27.7 Å². The quantitative estimate of drug-likeness (QED) is 0.123. The van der Waals surface area contributed by atoms with Crippen molar-refractivity contribution >= 4 is 92.1 Å². The first-order chi connectivity index (χ1) is 36.1. The minimum Gasteiger partial charge on any atom is -0.399 e. The van der Waals surface area contributed by atoms with Gasteiger partial charge in [0.1, 0.15) is 0 Å². The fourth-order valence-corrected chi connectivity index (χ4v) is 11.0. The predicted octanol–water partition coefficient (Wildman–Crippen LogP) is 16.5. The second-order valence-corrected chi connectivity index (χ2v) is 20.3. The lowest BCUT2D eigenvalue weighted by Gasteiger charge is -2.32. The molecule has 1 saturated heterocycles. The number of nitrogens with zero attached hydrogens (tertiary/aromatic N) is 4. The molecule has 1 aliphatic rings. The van der Waals surface area contributed by atoms with Crippen molar-refractivity contribution in [2.75, 3.05) is 0 Å². The van der Waals surface area contributed by atoms with Crippen LogP contribution >= 0.6 is 0 Å². The highest BCUT2D eigenvalue weighted by Crippen LogP contribution is 2.40. The summed E-state index contributed by atoms with van der Waals surface area (Å²) in [6.07, 6.45) is 0. The van der Waals surface area contributed by atoms with Crippen molar-refractivity contribution in [3.8, 4) is 39.3 Å². The van der Waals surface area contributed by atoms with E-state index in [0.29, 0.717) is 5.69 Å². The molecule has 3 radical (unpaired) electrons. The molecular formula is C67H51B2N4O2. The van der Waals surface area contributed by atoms with Crippen LogP contribution in [0.5, 0.6) is 0 Å². The topological polar surface area (TPSA) is 37.6 Å². The van der Waals surface area contributed by atoms with Gasteiger partial charge in [-0.2, -0.15) is 0 Å². The Labute approximate surface area is 439 Å². The Morgan fingerprint density at radius 2 is 0.693 bits per heavy atom. The van der Waals surface area contributed by atoms with Crippen molar-refractivity contribution < 1.29 is 9.31 Å². The molecule has 0 atom stereocenters. The van der Waals surface area contributed by atoms with Gasteiger partial charge >= 0.3 is 7.12 Å². The SMILES string of the molecule is CC1(C)OB(c2ccc(-n3c4ccccc4c4ccccc43)cc2)OC1(C)C.[B].[C-]#[N+]c1cccc(-c2cc(-c3ccc(-n4c5ccccc5c5ccccc54)cc3)cc(-n3c4ccccc4c4ccccc43)c2)c1. The molecule has 13 aromatic rings. The third kappa shape index (κ3) is 8.00. The van der Waals surface area contributed by atoms with E-state index in [2.05, 4.69) is 265 Å². The molecule has 0 saturated carbocycles. The fraction of sp³-hybridized carbons (Fsp3) is 0.0896. The molecule has 3 aromatic heterocycles. The normalized spacial score (nSPS) is 13.8. The molecule has 357 valence electrons. The molecular weight excluding hydrogens is 914 g/mol. The van der Waals surface area contributed by atoms with Crippen molar-refractivity contribution in [3.63, 3.8) is 0 Å². The third-order valence-electron chi connectivity index (χ3n) is 15.4. The monoisotopic (exact) mass is 965 g/mol. The number of hydrogen-bond donors (Lipinski definition) is 0. The lowest BCUT2D eigenvalue weighted by Crippen LogP contribution is -2.41. The summed E-state index contributed by atoms with van der Waals surface area (Å²) in [5.41, 5.74) is 15.9. The van der Waals surface area contributed by atoms with Gasteiger partial charge in [0.05, 0.1) is 50.9 Å². The van der Waals surface area contributed by atoms with Crippen LogP contribution in [0.2, 0.25) is 0 Å². The van der Waals surface area contributed by atoms with Crippen LogP contribution in [-0.4, -0.2) is 40.4 Å². The molecule has 14 rings (SSSR count). The Bertz CT molecular complexity index is 4170. The molecule has 1 aliphatic heterocycles. The van der Waals surface area contributed by atoms with Gasteiger partial charge in [-0.25, -0.2) is 4.85 Å². The Morgan fingerprint density at radius 3 is 1.08 bits per heavy atom. The maximum atomic E-state index is 7.62. The number of aromatic nitrogens is 3. The van der Waals surface area contributed by atoms with E-state index in [9.17, 15) is 0 Å². The van der Waals surface area contributed by atoms with Crippen molar-refractivity contribution in [1.29, 1.82) is 0 Å². The van der Waals surface area contributed by atoms with Crippen LogP contribution in [0, 0.1) is 6.57 Å². The second-order valence-electron chi connectivity index (χ2n) is 20.3. The van der Waals surface area contributed by atoms with Crippen molar-refractivity contribution in [2.45, 2.75) is 38.9 Å². The third-order valence-corrected chi connectivity index (χ3v) is 15.4. The van der Waals surface area contributed by atoms with Crippen LogP contribution < -0.4 is 5.46 Å². The number of fused-ring (bicyclic) bond motifs is 9. The molecule has 0 amide bonds. The molecule has 75 heavy (non-hydrogen) atoms. The molecule has 0 spiro atoms. The van der Waals surface area contributed by atoms with Gasteiger partial charge in [0.2, 0.25) is 0 Å². The highest BCUT2D eigenvalue weighted by Gasteiger charge is 2.51. The number of benzene rings is 10. The molecule has 10 aromatic carbocycles. The van der Waals surface area contributed by atoms with Gasteiger partial charge in [0.25, 0.3) is 0 Å². The Hall–Kier alpha value is -8.86. The summed E-state index contributed by atoms with van der Waals surface area (Å²) < 4.78 is 19.4. The average molecular weight is 966 g/mol. The van der Waals surface area contributed by atoms with E-state index in [4.69, 9.17) is 15.9 Å². The standard InChI is InChI=1S/C43H27N3.C24H24BNO2.B/c1-44-33-12-10-11-30(26-33)32-25-31(27-35(28-32)46-42-19-8-4-15-38(42)39-16-5-9-20-43(39)46)29-21-23-34(24-22-29)45-40-17-6-2-13-36(40)37-14-3-7-18-41(37)45;1-23(2)24(3,4)28-25(27-23)17-13-15-18(16-14-17)26-21-11-7-5-9-19(21)20-10-6-8-12-22(20)26;/h2-28H;5-16H,1-4H3;. The largest absolute Gasteiger partial charge is 0.494 e. The van der Waals surface area contributed by atoms with E-state index in [1.807, 2.05) is 18.2 Å². The van der Waals surface area contributed by atoms with Gasteiger partial charge in [0, 0.05) is 57.8 Å². The highest BCUT2D eigenvalue weighted by molar-refractivity contribution is 6.62. The van der Waals surface area contributed by atoms with Crippen LogP contribution in [0.4, 0.5) is 5.69 Å². The van der Waals surface area contributed by atoms with Gasteiger partial charge < -0.3 is 23.0 Å². The highest BCUT2D eigenvalue weighted by atomic mass is 16.7. The number of para-hydroxylation sites is 6. The van der Waals surface area contributed by atoms with Crippen molar-refractivity contribution in [1.82, 2.24) is 13.7 Å². The maximum Gasteiger partial charge on any atom is 0.494 e. The van der Waals surface area contributed by atoms with E-state index >= 15 is 0 Å². The zero-order valence-electron chi connectivity index (χ0n) is 42.3. The Balaban J connectivity index is 0.000000168. The summed E-state index contributed by atoms with van der Waals surface area (Å²) in [7, 11) is -0.336. The van der Waals surface area contributed by atoms with Crippen molar-refractivity contribution in [3.05, 3.63) is 248 Å². The second kappa shape index (κ2) is 18.6. The summed E-state index contributed by atoms with van der Waals surface area (Å²) in [6, 6.07) is 83.7. The average Bonchev–Trinajstić information content (AvgIpc) is 4.18.